The second-order valence-electron chi connectivity index (χ2n) is 5.68. The number of nitrogens with one attached hydrogen (secondary N) is 2. The van der Waals surface area contributed by atoms with E-state index in [1.165, 1.54) is 4.90 Å². The van der Waals surface area contributed by atoms with Gasteiger partial charge in [-0.3, -0.25) is 15.1 Å². The summed E-state index contributed by atoms with van der Waals surface area (Å²) in [6.07, 6.45) is 0.769. The van der Waals surface area contributed by atoms with Gasteiger partial charge in [0.1, 0.15) is 5.75 Å². The van der Waals surface area contributed by atoms with E-state index in [1.807, 2.05) is 24.3 Å². The van der Waals surface area contributed by atoms with E-state index >= 15 is 0 Å². The number of anilines is 1. The number of carbonyl (C=O) groups is 2. The molecule has 0 saturated heterocycles. The third kappa shape index (κ3) is 4.20. The van der Waals surface area contributed by atoms with Crippen molar-refractivity contribution in [3.8, 4) is 11.5 Å². The molecule has 0 radical (unpaired) electrons. The van der Waals surface area contributed by atoms with Crippen LogP contribution in [0.1, 0.15) is 18.4 Å². The van der Waals surface area contributed by atoms with Crippen molar-refractivity contribution in [1.82, 2.24) is 10.9 Å². The molecule has 0 aromatic heterocycles. The summed E-state index contributed by atoms with van der Waals surface area (Å²) in [4.78, 5) is 25.9. The first kappa shape index (κ1) is 18.4. The maximum atomic E-state index is 12.7. The fourth-order valence-corrected chi connectivity index (χ4v) is 2.86. The van der Waals surface area contributed by atoms with E-state index in [0.29, 0.717) is 34.5 Å². The summed E-state index contributed by atoms with van der Waals surface area (Å²) in [7, 11) is 0. The molecule has 0 spiro atoms. The number of benzene rings is 2. The summed E-state index contributed by atoms with van der Waals surface area (Å²) in [5.74, 6) is 1.24. The molecule has 1 aliphatic heterocycles. The second-order valence-corrected chi connectivity index (χ2v) is 6.49. The Morgan fingerprint density at radius 3 is 2.73 bits per heavy atom. The predicted octanol–water partition coefficient (Wildman–Crippen LogP) is 4.21. The second kappa shape index (κ2) is 8.29. The van der Waals surface area contributed by atoms with E-state index in [9.17, 15) is 9.59 Å². The van der Waals surface area contributed by atoms with Gasteiger partial charge in [0.25, 0.3) is 0 Å². The molecule has 0 unspecified atom stereocenters. The zero-order chi connectivity index (χ0) is 18.5. The Morgan fingerprint density at radius 1 is 1.12 bits per heavy atom. The number of alkyl halides is 1. The summed E-state index contributed by atoms with van der Waals surface area (Å²) < 4.78 is 5.93. The lowest BCUT2D eigenvalue weighted by Gasteiger charge is -2.22. The van der Waals surface area contributed by atoms with Gasteiger partial charge in [-0.05, 0) is 30.7 Å². The first-order valence-electron chi connectivity index (χ1n) is 8.06. The van der Waals surface area contributed by atoms with Gasteiger partial charge in [0, 0.05) is 22.9 Å². The average Bonchev–Trinajstić information content (AvgIpc) is 2.81. The third-order valence-corrected chi connectivity index (χ3v) is 4.33. The molecule has 2 N–H and O–H groups in total. The summed E-state index contributed by atoms with van der Waals surface area (Å²) in [6, 6.07) is 12.0. The standard InChI is InChI=1S/C18H17Cl2N3O3/c19-9-3-6-17(24)21-22-18(25)23-11-12-4-1-2-5-15(12)26-16-8-7-13(20)10-14(16)23/h1-2,4-5,7-8,10H,3,6,9,11H2,(H,21,24)(H,22,25). The van der Waals surface area contributed by atoms with Crippen molar-refractivity contribution in [1.29, 1.82) is 0 Å². The van der Waals surface area contributed by atoms with Crippen LogP contribution in [0, 0.1) is 0 Å². The Morgan fingerprint density at radius 2 is 1.92 bits per heavy atom. The van der Waals surface area contributed by atoms with Crippen LogP contribution in [0.2, 0.25) is 5.02 Å². The average molecular weight is 394 g/mol. The van der Waals surface area contributed by atoms with Crippen molar-refractivity contribution in [2.75, 3.05) is 10.8 Å². The number of hydrogen-bond acceptors (Lipinski definition) is 3. The van der Waals surface area contributed by atoms with Crippen LogP contribution in [-0.2, 0) is 11.3 Å². The molecule has 3 rings (SSSR count). The van der Waals surface area contributed by atoms with E-state index < -0.39 is 6.03 Å². The van der Waals surface area contributed by atoms with Crippen molar-refractivity contribution in [2.24, 2.45) is 0 Å². The molecule has 1 heterocycles. The Bertz CT molecular complexity index is 829. The highest BCUT2D eigenvalue weighted by molar-refractivity contribution is 6.31. The van der Waals surface area contributed by atoms with Crippen LogP contribution in [0.4, 0.5) is 10.5 Å². The summed E-state index contributed by atoms with van der Waals surface area (Å²) in [5, 5.41) is 0.474. The maximum absolute atomic E-state index is 12.7. The van der Waals surface area contributed by atoms with Crippen molar-refractivity contribution < 1.29 is 14.3 Å². The summed E-state index contributed by atoms with van der Waals surface area (Å²) in [5.41, 5.74) is 6.17. The molecule has 0 atom stereocenters. The SMILES string of the molecule is O=C(CCCCl)NNC(=O)N1Cc2ccccc2Oc2ccc(Cl)cc21. The normalized spacial score (nSPS) is 12.3. The number of amides is 3. The molecule has 1 aliphatic rings. The molecular formula is C18H17Cl2N3O3. The smallest absolute Gasteiger partial charge is 0.341 e. The molecule has 8 heteroatoms. The monoisotopic (exact) mass is 393 g/mol. The number of hydrazine groups is 1. The van der Waals surface area contributed by atoms with Crippen molar-refractivity contribution in [2.45, 2.75) is 19.4 Å². The van der Waals surface area contributed by atoms with Crippen LogP contribution < -0.4 is 20.5 Å². The molecule has 0 fully saturated rings. The van der Waals surface area contributed by atoms with Gasteiger partial charge in [0.2, 0.25) is 5.91 Å². The molecule has 136 valence electrons. The van der Waals surface area contributed by atoms with Crippen LogP contribution >= 0.6 is 23.2 Å². The predicted molar refractivity (Wildman–Crippen MR) is 101 cm³/mol. The summed E-state index contributed by atoms with van der Waals surface area (Å²) in [6.45, 7) is 0.271. The van der Waals surface area contributed by atoms with Gasteiger partial charge < -0.3 is 4.74 Å². The topological polar surface area (TPSA) is 70.7 Å². The van der Waals surface area contributed by atoms with E-state index in [-0.39, 0.29) is 18.9 Å². The quantitative estimate of drug-likeness (QED) is 0.605. The number of halogens is 2. The highest BCUT2D eigenvalue weighted by atomic mass is 35.5. The first-order valence-corrected chi connectivity index (χ1v) is 8.97. The number of para-hydroxylation sites is 1. The highest BCUT2D eigenvalue weighted by Gasteiger charge is 2.25. The molecule has 6 nitrogen and oxygen atoms in total. The number of rotatable bonds is 3. The van der Waals surface area contributed by atoms with E-state index in [4.69, 9.17) is 27.9 Å². The molecule has 0 bridgehead atoms. The van der Waals surface area contributed by atoms with Crippen LogP contribution in [-0.4, -0.2) is 17.8 Å². The molecular weight excluding hydrogens is 377 g/mol. The Labute approximate surface area is 161 Å². The van der Waals surface area contributed by atoms with Gasteiger partial charge in [-0.25, -0.2) is 10.2 Å². The van der Waals surface area contributed by atoms with Crippen LogP contribution in [0.3, 0.4) is 0 Å². The number of hydrogen-bond donors (Lipinski definition) is 2. The summed E-state index contributed by atoms with van der Waals surface area (Å²) >= 11 is 11.7. The van der Waals surface area contributed by atoms with Gasteiger partial charge in [-0.2, -0.15) is 0 Å². The number of urea groups is 1. The fourth-order valence-electron chi connectivity index (χ4n) is 2.56. The Hall–Kier alpha value is -2.44. The minimum atomic E-state index is -0.493. The Balaban J connectivity index is 1.84. The van der Waals surface area contributed by atoms with Crippen LogP contribution in [0.5, 0.6) is 11.5 Å². The molecule has 0 aliphatic carbocycles. The van der Waals surface area contributed by atoms with E-state index in [2.05, 4.69) is 10.9 Å². The van der Waals surface area contributed by atoms with Gasteiger partial charge in [0.15, 0.2) is 5.75 Å². The number of carbonyl (C=O) groups excluding carboxylic acids is 2. The van der Waals surface area contributed by atoms with Crippen molar-refractivity contribution >= 4 is 40.8 Å². The lowest BCUT2D eigenvalue weighted by Crippen LogP contribution is -2.48. The molecule has 26 heavy (non-hydrogen) atoms. The number of ether oxygens (including phenoxy) is 1. The van der Waals surface area contributed by atoms with Crippen LogP contribution in [0.15, 0.2) is 42.5 Å². The highest BCUT2D eigenvalue weighted by Crippen LogP contribution is 2.40. The van der Waals surface area contributed by atoms with Gasteiger partial charge >= 0.3 is 6.03 Å². The maximum Gasteiger partial charge on any atom is 0.341 e. The van der Waals surface area contributed by atoms with Gasteiger partial charge in [0.05, 0.1) is 12.2 Å². The number of nitrogens with zero attached hydrogens (tertiary/aromatic N) is 1. The molecule has 2 aromatic carbocycles. The van der Waals surface area contributed by atoms with Crippen LogP contribution in [0.25, 0.3) is 0 Å². The fraction of sp³-hybridized carbons (Fsp3) is 0.222. The lowest BCUT2D eigenvalue weighted by atomic mass is 10.2. The third-order valence-electron chi connectivity index (χ3n) is 3.82. The minimum absolute atomic E-state index is 0.234. The van der Waals surface area contributed by atoms with E-state index in [0.717, 1.165) is 5.56 Å². The minimum Gasteiger partial charge on any atom is -0.455 e. The molecule has 3 amide bonds. The number of fused-ring (bicyclic) bond motifs is 2. The Kier molecular flexibility index (Phi) is 5.85. The van der Waals surface area contributed by atoms with Gasteiger partial charge in [-0.15, -0.1) is 11.6 Å². The van der Waals surface area contributed by atoms with Gasteiger partial charge in [-0.1, -0.05) is 29.8 Å². The first-order chi connectivity index (χ1) is 12.6. The van der Waals surface area contributed by atoms with E-state index in [1.54, 1.807) is 18.2 Å². The zero-order valence-electron chi connectivity index (χ0n) is 13.8. The zero-order valence-corrected chi connectivity index (χ0v) is 15.3. The largest absolute Gasteiger partial charge is 0.455 e. The molecule has 0 saturated carbocycles. The van der Waals surface area contributed by atoms with Crippen molar-refractivity contribution in [3.05, 3.63) is 53.1 Å². The lowest BCUT2D eigenvalue weighted by molar-refractivity contribution is -0.121. The van der Waals surface area contributed by atoms with Crippen molar-refractivity contribution in [3.63, 3.8) is 0 Å². The molecule has 2 aromatic rings.